The zero-order valence-electron chi connectivity index (χ0n) is 23.7. The molecule has 8 heteroatoms. The fourth-order valence-corrected chi connectivity index (χ4v) is 5.39. The number of carbonyl (C=O) groups is 2. The Hall–Kier alpha value is -3.98. The molecule has 2 saturated heterocycles. The number of ether oxygens (including phenoxy) is 1. The molecule has 0 aromatic heterocycles. The molecule has 2 aliphatic heterocycles. The van der Waals surface area contributed by atoms with Crippen LogP contribution in [0.5, 0.6) is 0 Å². The summed E-state index contributed by atoms with van der Waals surface area (Å²) in [6.07, 6.45) is 4.66. The van der Waals surface area contributed by atoms with E-state index in [9.17, 15) is 9.59 Å². The second kappa shape index (κ2) is 13.1. The maximum absolute atomic E-state index is 13.5. The molecule has 0 saturated carbocycles. The van der Waals surface area contributed by atoms with Crippen LogP contribution in [0.4, 0.5) is 17.1 Å². The van der Waals surface area contributed by atoms with E-state index in [1.54, 1.807) is 18.2 Å². The van der Waals surface area contributed by atoms with Crippen LogP contribution < -0.4 is 21.7 Å². The zero-order valence-corrected chi connectivity index (χ0v) is 23.7. The van der Waals surface area contributed by atoms with Crippen molar-refractivity contribution in [3.8, 4) is 0 Å². The summed E-state index contributed by atoms with van der Waals surface area (Å²) in [7, 11) is 0. The molecule has 5 N–H and O–H groups in total. The third-order valence-corrected chi connectivity index (χ3v) is 7.78. The van der Waals surface area contributed by atoms with Gasteiger partial charge in [-0.15, -0.1) is 0 Å². The average Bonchev–Trinajstić information content (AvgIpc) is 3.60. The number of nitrogens with two attached hydrogens (primary N) is 1. The molecule has 214 valence electrons. The lowest BCUT2D eigenvalue weighted by atomic mass is 10.0. The number of rotatable bonds is 11. The molecule has 0 spiro atoms. The molecule has 2 aliphatic rings. The van der Waals surface area contributed by atoms with Gasteiger partial charge in [0.2, 0.25) is 11.8 Å². The Morgan fingerprint density at radius 2 is 1.73 bits per heavy atom. The van der Waals surface area contributed by atoms with E-state index in [1.807, 2.05) is 48.5 Å². The van der Waals surface area contributed by atoms with Crippen molar-refractivity contribution in [3.63, 3.8) is 0 Å². The summed E-state index contributed by atoms with van der Waals surface area (Å²) in [6, 6.07) is 22.8. The lowest BCUT2D eigenvalue weighted by Crippen LogP contribution is -2.43. The van der Waals surface area contributed by atoms with Crippen LogP contribution >= 0.6 is 0 Å². The minimum atomic E-state index is -0.529. The van der Waals surface area contributed by atoms with Crippen LogP contribution in [0.3, 0.4) is 0 Å². The van der Waals surface area contributed by atoms with Gasteiger partial charge in [-0.2, -0.15) is 0 Å². The molecule has 41 heavy (non-hydrogen) atoms. The number of amides is 2. The topological polar surface area (TPSA) is 109 Å². The van der Waals surface area contributed by atoms with Gasteiger partial charge in [-0.25, -0.2) is 0 Å². The van der Waals surface area contributed by atoms with Crippen LogP contribution in [-0.2, 0) is 14.3 Å². The Kier molecular flexibility index (Phi) is 9.14. The third-order valence-electron chi connectivity index (χ3n) is 7.78. The molecule has 2 heterocycles. The van der Waals surface area contributed by atoms with E-state index >= 15 is 0 Å². The molecule has 3 aromatic rings. The average molecular weight is 554 g/mol. The minimum Gasteiger partial charge on any atom is -0.397 e. The van der Waals surface area contributed by atoms with E-state index in [1.165, 1.54) is 11.6 Å². The monoisotopic (exact) mass is 553 g/mol. The summed E-state index contributed by atoms with van der Waals surface area (Å²) in [5.41, 5.74) is 10.7. The van der Waals surface area contributed by atoms with Crippen LogP contribution in [0.1, 0.15) is 48.9 Å². The number of likely N-dealkylation sites (tertiary alicyclic amines) is 1. The SMILES string of the molecule is CC(C)c1ccc(NC(=O)C(NCCN2C[C@H]3C[C@@H]2CO3)c2ccc(/C=C/C(=O)Nc3ccccc3N)cc2)cc1. The van der Waals surface area contributed by atoms with E-state index in [-0.39, 0.29) is 11.8 Å². The smallest absolute Gasteiger partial charge is 0.248 e. The summed E-state index contributed by atoms with van der Waals surface area (Å²) in [4.78, 5) is 28.3. The van der Waals surface area contributed by atoms with Gasteiger partial charge in [0.05, 0.1) is 24.1 Å². The number of para-hydroxylation sites is 2. The number of hydrogen-bond donors (Lipinski definition) is 4. The Balaban J connectivity index is 1.24. The number of anilines is 3. The molecule has 5 rings (SSSR count). The van der Waals surface area contributed by atoms with Gasteiger partial charge in [-0.3, -0.25) is 14.5 Å². The first-order valence-corrected chi connectivity index (χ1v) is 14.3. The van der Waals surface area contributed by atoms with Crippen molar-refractivity contribution in [2.75, 3.05) is 42.6 Å². The quantitative estimate of drug-likeness (QED) is 0.201. The number of fused-ring (bicyclic) bond motifs is 2. The molecule has 3 atom stereocenters. The molecular formula is C33H39N5O3. The van der Waals surface area contributed by atoms with Gasteiger partial charge in [0.15, 0.2) is 0 Å². The van der Waals surface area contributed by atoms with Gasteiger partial charge in [-0.05, 0) is 59.4 Å². The molecule has 2 fully saturated rings. The Labute approximate surface area is 242 Å². The van der Waals surface area contributed by atoms with Crippen molar-refractivity contribution in [2.45, 2.75) is 44.4 Å². The van der Waals surface area contributed by atoms with E-state index in [2.05, 4.69) is 46.8 Å². The lowest BCUT2D eigenvalue weighted by Gasteiger charge is -2.27. The molecule has 1 unspecified atom stereocenters. The maximum atomic E-state index is 13.5. The molecular weight excluding hydrogens is 514 g/mol. The van der Waals surface area contributed by atoms with Crippen molar-refractivity contribution >= 4 is 35.0 Å². The molecule has 0 radical (unpaired) electrons. The second-order valence-corrected chi connectivity index (χ2v) is 11.1. The summed E-state index contributed by atoms with van der Waals surface area (Å²) >= 11 is 0. The fraction of sp³-hybridized carbons (Fsp3) is 0.333. The molecule has 2 amide bonds. The van der Waals surface area contributed by atoms with Gasteiger partial charge in [-0.1, -0.05) is 62.4 Å². The van der Waals surface area contributed by atoms with E-state index in [4.69, 9.17) is 10.5 Å². The maximum Gasteiger partial charge on any atom is 0.248 e. The van der Waals surface area contributed by atoms with E-state index < -0.39 is 6.04 Å². The first-order valence-electron chi connectivity index (χ1n) is 14.3. The Morgan fingerprint density at radius 3 is 2.39 bits per heavy atom. The van der Waals surface area contributed by atoms with Crippen LogP contribution in [-0.4, -0.2) is 55.1 Å². The summed E-state index contributed by atoms with van der Waals surface area (Å²) < 4.78 is 5.72. The summed E-state index contributed by atoms with van der Waals surface area (Å²) in [5.74, 6) is 0.0441. The number of nitrogens with one attached hydrogen (secondary N) is 3. The normalized spacial score (nSPS) is 19.1. The number of carbonyl (C=O) groups excluding carboxylic acids is 2. The standard InChI is InChI=1S/C33H39N5O3/c1-22(2)24-12-14-26(15-13-24)36-33(40)32(35-17-18-38-20-28-19-27(38)21-41-28)25-10-7-23(8-11-25)9-16-31(39)37-30-6-4-3-5-29(30)34/h3-16,22,27-28,32,35H,17-21,34H2,1-2H3,(H,36,40)(H,37,39)/b16-9+/t27-,28-,32?/m1/s1. The second-order valence-electron chi connectivity index (χ2n) is 11.1. The van der Waals surface area contributed by atoms with Crippen molar-refractivity contribution in [1.82, 2.24) is 10.2 Å². The van der Waals surface area contributed by atoms with Crippen LogP contribution in [0.2, 0.25) is 0 Å². The van der Waals surface area contributed by atoms with E-state index in [0.29, 0.717) is 36.0 Å². The predicted octanol–water partition coefficient (Wildman–Crippen LogP) is 4.79. The number of benzene rings is 3. The number of nitrogens with zero attached hydrogens (tertiary/aromatic N) is 1. The van der Waals surface area contributed by atoms with Gasteiger partial charge in [0.25, 0.3) is 0 Å². The number of hydrogen-bond acceptors (Lipinski definition) is 6. The minimum absolute atomic E-state index is 0.114. The first-order chi connectivity index (χ1) is 19.9. The summed E-state index contributed by atoms with van der Waals surface area (Å²) in [5, 5.41) is 9.36. The first kappa shape index (κ1) is 28.5. The van der Waals surface area contributed by atoms with E-state index in [0.717, 1.165) is 42.9 Å². The van der Waals surface area contributed by atoms with Gasteiger partial charge >= 0.3 is 0 Å². The van der Waals surface area contributed by atoms with Gasteiger partial charge < -0.3 is 26.4 Å². The highest BCUT2D eigenvalue weighted by Gasteiger charge is 2.38. The van der Waals surface area contributed by atoms with Gasteiger partial charge in [0, 0.05) is 37.4 Å². The lowest BCUT2D eigenvalue weighted by molar-refractivity contribution is -0.118. The zero-order chi connectivity index (χ0) is 28.8. The molecule has 2 bridgehead atoms. The third kappa shape index (κ3) is 7.41. The van der Waals surface area contributed by atoms with Crippen molar-refractivity contribution in [1.29, 1.82) is 0 Å². The Bertz CT molecular complexity index is 1370. The Morgan fingerprint density at radius 1 is 1.00 bits per heavy atom. The summed E-state index contributed by atoms with van der Waals surface area (Å²) in [6.45, 7) is 7.59. The van der Waals surface area contributed by atoms with Crippen molar-refractivity contribution in [3.05, 3.63) is 95.6 Å². The van der Waals surface area contributed by atoms with Gasteiger partial charge in [0.1, 0.15) is 6.04 Å². The van der Waals surface area contributed by atoms with Crippen LogP contribution in [0.15, 0.2) is 78.9 Å². The van der Waals surface area contributed by atoms with Crippen LogP contribution in [0.25, 0.3) is 6.08 Å². The largest absolute Gasteiger partial charge is 0.397 e. The van der Waals surface area contributed by atoms with Crippen LogP contribution in [0, 0.1) is 0 Å². The highest BCUT2D eigenvalue weighted by atomic mass is 16.5. The number of nitrogen functional groups attached to an aromatic ring is 1. The number of morpholine rings is 1. The molecule has 8 nitrogen and oxygen atoms in total. The predicted molar refractivity (Wildman–Crippen MR) is 165 cm³/mol. The molecule has 3 aromatic carbocycles. The highest BCUT2D eigenvalue weighted by Crippen LogP contribution is 2.27. The fourth-order valence-electron chi connectivity index (χ4n) is 5.39. The van der Waals surface area contributed by atoms with Crippen molar-refractivity contribution < 1.29 is 14.3 Å². The van der Waals surface area contributed by atoms with Crippen molar-refractivity contribution in [2.24, 2.45) is 0 Å². The molecule has 0 aliphatic carbocycles. The highest BCUT2D eigenvalue weighted by molar-refractivity contribution is 6.03.